The Hall–Kier alpha value is -2.55. The normalized spacial score (nSPS) is 11.3. The molecular weight excluding hydrogens is 332 g/mol. The highest BCUT2D eigenvalue weighted by Gasteiger charge is 2.24. The summed E-state index contributed by atoms with van der Waals surface area (Å²) in [5, 5.41) is 10.9. The van der Waals surface area contributed by atoms with Gasteiger partial charge in [0, 0.05) is 18.2 Å². The molecular formula is C14H11F2NO5S. The third-order valence-corrected chi connectivity index (χ3v) is 4.56. The summed E-state index contributed by atoms with van der Waals surface area (Å²) in [5.74, 6) is -2.87. The van der Waals surface area contributed by atoms with Crippen LogP contribution in [0.3, 0.4) is 0 Å². The van der Waals surface area contributed by atoms with E-state index < -0.39 is 43.0 Å². The molecule has 0 saturated heterocycles. The van der Waals surface area contributed by atoms with Gasteiger partial charge in [0.25, 0.3) is 5.69 Å². The number of aryl methyl sites for hydroxylation is 1. The van der Waals surface area contributed by atoms with Gasteiger partial charge in [0.1, 0.15) is 10.6 Å². The van der Waals surface area contributed by atoms with Gasteiger partial charge in [0.2, 0.25) is 0 Å². The molecule has 23 heavy (non-hydrogen) atoms. The Balaban J connectivity index is 2.51. The van der Waals surface area contributed by atoms with Gasteiger partial charge in [-0.25, -0.2) is 8.78 Å². The minimum Gasteiger partial charge on any atom is -0.379 e. The molecule has 2 aromatic carbocycles. The third kappa shape index (κ3) is 3.45. The van der Waals surface area contributed by atoms with E-state index in [9.17, 15) is 27.3 Å². The molecule has 0 N–H and O–H groups in total. The summed E-state index contributed by atoms with van der Waals surface area (Å²) in [6, 6.07) is 4.32. The fraction of sp³-hybridized carbons (Fsp3) is 0.143. The van der Waals surface area contributed by atoms with Gasteiger partial charge in [0.05, 0.1) is 4.92 Å². The lowest BCUT2D eigenvalue weighted by atomic mass is 10.1. The molecule has 0 fully saturated rings. The van der Waals surface area contributed by atoms with E-state index in [1.54, 1.807) is 0 Å². The summed E-state index contributed by atoms with van der Waals surface area (Å²) >= 11 is 0. The van der Waals surface area contributed by atoms with Gasteiger partial charge >= 0.3 is 10.1 Å². The van der Waals surface area contributed by atoms with Gasteiger partial charge in [0.15, 0.2) is 11.6 Å². The van der Waals surface area contributed by atoms with Crippen molar-refractivity contribution < 1.29 is 26.3 Å². The monoisotopic (exact) mass is 343 g/mol. The van der Waals surface area contributed by atoms with Crippen molar-refractivity contribution in [2.75, 3.05) is 0 Å². The molecule has 9 heteroatoms. The van der Waals surface area contributed by atoms with Gasteiger partial charge < -0.3 is 4.18 Å². The standard InChI is InChI=1S/C14H11F2NO5S/c1-8-5-10(17(18)19)6-14(9(8)2)23(20,21)22-11-3-4-12(15)13(16)7-11/h3-7H,1-2H3. The highest BCUT2D eigenvalue weighted by molar-refractivity contribution is 7.87. The van der Waals surface area contributed by atoms with E-state index in [0.717, 1.165) is 12.1 Å². The maximum Gasteiger partial charge on any atom is 0.339 e. The number of hydrogen-bond donors (Lipinski definition) is 0. The first-order valence-corrected chi connectivity index (χ1v) is 7.68. The highest BCUT2D eigenvalue weighted by atomic mass is 32.2. The number of non-ortho nitro benzene ring substituents is 1. The van der Waals surface area contributed by atoms with Crippen LogP contribution in [0.2, 0.25) is 0 Å². The van der Waals surface area contributed by atoms with Crippen LogP contribution in [-0.4, -0.2) is 13.3 Å². The first-order valence-electron chi connectivity index (χ1n) is 6.27. The maximum absolute atomic E-state index is 13.1. The molecule has 122 valence electrons. The molecule has 0 saturated carbocycles. The highest BCUT2D eigenvalue weighted by Crippen LogP contribution is 2.28. The SMILES string of the molecule is Cc1cc([N+](=O)[O-])cc(S(=O)(=O)Oc2ccc(F)c(F)c2)c1C. The number of nitrogens with zero attached hydrogens (tertiary/aromatic N) is 1. The molecule has 2 aromatic rings. The molecule has 2 rings (SSSR count). The molecule has 0 amide bonds. The lowest BCUT2D eigenvalue weighted by Gasteiger charge is -2.11. The van der Waals surface area contributed by atoms with Crippen LogP contribution in [0.1, 0.15) is 11.1 Å². The van der Waals surface area contributed by atoms with Crippen molar-refractivity contribution in [1.82, 2.24) is 0 Å². The molecule has 0 spiro atoms. The van der Waals surface area contributed by atoms with Gasteiger partial charge in [-0.1, -0.05) is 0 Å². The lowest BCUT2D eigenvalue weighted by molar-refractivity contribution is -0.385. The van der Waals surface area contributed by atoms with Crippen molar-refractivity contribution in [3.8, 4) is 5.75 Å². The van der Waals surface area contributed by atoms with Gasteiger partial charge in [-0.15, -0.1) is 0 Å². The fourth-order valence-corrected chi connectivity index (χ4v) is 3.12. The van der Waals surface area contributed by atoms with Crippen LogP contribution >= 0.6 is 0 Å². The Morgan fingerprint density at radius 1 is 1.09 bits per heavy atom. The summed E-state index contributed by atoms with van der Waals surface area (Å²) in [6.45, 7) is 2.97. The third-order valence-electron chi connectivity index (χ3n) is 3.18. The smallest absolute Gasteiger partial charge is 0.339 e. The van der Waals surface area contributed by atoms with Gasteiger partial charge in [-0.2, -0.15) is 8.42 Å². The second-order valence-corrected chi connectivity index (χ2v) is 6.27. The van der Waals surface area contributed by atoms with Crippen LogP contribution in [-0.2, 0) is 10.1 Å². The van der Waals surface area contributed by atoms with Crippen LogP contribution in [0, 0.1) is 35.6 Å². The quantitative estimate of drug-likeness (QED) is 0.483. The van der Waals surface area contributed by atoms with E-state index in [-0.39, 0.29) is 5.56 Å². The summed E-state index contributed by atoms with van der Waals surface area (Å²) in [6.07, 6.45) is 0. The van der Waals surface area contributed by atoms with E-state index in [1.807, 2.05) is 0 Å². The fourth-order valence-electron chi connectivity index (χ4n) is 1.87. The summed E-state index contributed by atoms with van der Waals surface area (Å²) in [7, 11) is -4.45. The van der Waals surface area contributed by atoms with Gasteiger partial charge in [-0.3, -0.25) is 10.1 Å². The molecule has 0 aliphatic carbocycles. The Bertz CT molecular complexity index is 896. The van der Waals surface area contributed by atoms with Crippen molar-refractivity contribution >= 4 is 15.8 Å². The van der Waals surface area contributed by atoms with Crippen molar-refractivity contribution in [3.63, 3.8) is 0 Å². The molecule has 0 unspecified atom stereocenters. The Kier molecular flexibility index (Phi) is 4.33. The average Bonchev–Trinajstić information content (AvgIpc) is 2.45. The van der Waals surface area contributed by atoms with Crippen molar-refractivity contribution in [2.45, 2.75) is 18.7 Å². The van der Waals surface area contributed by atoms with Gasteiger partial charge in [-0.05, 0) is 37.1 Å². The Labute approximate surface area is 130 Å². The summed E-state index contributed by atoms with van der Waals surface area (Å²) in [4.78, 5) is 9.72. The Morgan fingerprint density at radius 2 is 1.74 bits per heavy atom. The van der Waals surface area contributed by atoms with Crippen LogP contribution in [0.25, 0.3) is 0 Å². The molecule has 0 atom stereocenters. The number of benzene rings is 2. The topological polar surface area (TPSA) is 86.5 Å². The second kappa shape index (κ2) is 5.92. The van der Waals surface area contributed by atoms with E-state index >= 15 is 0 Å². The number of rotatable bonds is 4. The number of nitro benzene ring substituents is 1. The number of nitro groups is 1. The van der Waals surface area contributed by atoms with Crippen LogP contribution in [0.5, 0.6) is 5.75 Å². The van der Waals surface area contributed by atoms with Crippen LogP contribution < -0.4 is 4.18 Å². The van der Waals surface area contributed by atoms with E-state index in [4.69, 9.17) is 4.18 Å². The largest absolute Gasteiger partial charge is 0.379 e. The predicted octanol–water partition coefficient (Wildman–Crippen LogP) is 3.26. The molecule has 0 radical (unpaired) electrons. The molecule has 0 heterocycles. The van der Waals surface area contributed by atoms with E-state index in [1.165, 1.54) is 19.9 Å². The summed E-state index contributed by atoms with van der Waals surface area (Å²) < 4.78 is 55.3. The van der Waals surface area contributed by atoms with Crippen LogP contribution in [0.15, 0.2) is 35.2 Å². The maximum atomic E-state index is 13.1. The van der Waals surface area contributed by atoms with E-state index in [0.29, 0.717) is 17.7 Å². The number of hydrogen-bond acceptors (Lipinski definition) is 5. The number of halogens is 2. The zero-order valence-corrected chi connectivity index (χ0v) is 12.9. The molecule has 0 aromatic heterocycles. The molecule has 0 bridgehead atoms. The Morgan fingerprint density at radius 3 is 2.30 bits per heavy atom. The first-order chi connectivity index (χ1) is 10.6. The minimum atomic E-state index is -4.45. The van der Waals surface area contributed by atoms with Crippen molar-refractivity contribution in [1.29, 1.82) is 0 Å². The predicted molar refractivity (Wildman–Crippen MR) is 76.7 cm³/mol. The second-order valence-electron chi connectivity index (χ2n) is 4.76. The molecule has 0 aliphatic heterocycles. The average molecular weight is 343 g/mol. The lowest BCUT2D eigenvalue weighted by Crippen LogP contribution is -2.12. The van der Waals surface area contributed by atoms with Crippen molar-refractivity contribution in [2.24, 2.45) is 0 Å². The zero-order valence-electron chi connectivity index (χ0n) is 12.0. The van der Waals surface area contributed by atoms with Crippen LogP contribution in [0.4, 0.5) is 14.5 Å². The molecule has 6 nitrogen and oxygen atoms in total. The molecule has 0 aliphatic rings. The first kappa shape index (κ1) is 16.8. The minimum absolute atomic E-state index is 0.262. The van der Waals surface area contributed by atoms with E-state index in [2.05, 4.69) is 0 Å². The zero-order chi connectivity index (χ0) is 17.4. The summed E-state index contributed by atoms with van der Waals surface area (Å²) in [5.41, 5.74) is 0.227. The van der Waals surface area contributed by atoms with Crippen molar-refractivity contribution in [3.05, 3.63) is 63.2 Å².